The van der Waals surface area contributed by atoms with Crippen molar-refractivity contribution >= 4 is 5.91 Å². The van der Waals surface area contributed by atoms with Gasteiger partial charge in [-0.2, -0.15) is 0 Å². The fourth-order valence-corrected chi connectivity index (χ4v) is 5.55. The van der Waals surface area contributed by atoms with Crippen molar-refractivity contribution in [2.24, 2.45) is 23.0 Å². The summed E-state index contributed by atoms with van der Waals surface area (Å²) in [6.45, 7) is 4.25. The third-order valence-corrected chi connectivity index (χ3v) is 6.71. The van der Waals surface area contributed by atoms with E-state index in [9.17, 15) is 4.79 Å². The first kappa shape index (κ1) is 15.5. The van der Waals surface area contributed by atoms with Gasteiger partial charge >= 0.3 is 0 Å². The van der Waals surface area contributed by atoms with Crippen LogP contribution < -0.4 is 5.73 Å². The summed E-state index contributed by atoms with van der Waals surface area (Å²) < 4.78 is 0. The fraction of sp³-hybridized carbons (Fsp3) is 0.500. The fourth-order valence-electron chi connectivity index (χ4n) is 5.55. The van der Waals surface area contributed by atoms with Crippen LogP contribution in [0.1, 0.15) is 72.5 Å². The summed E-state index contributed by atoms with van der Waals surface area (Å²) in [7, 11) is 0. The van der Waals surface area contributed by atoms with E-state index in [1.807, 2.05) is 13.0 Å². The molecule has 4 atom stereocenters. The van der Waals surface area contributed by atoms with E-state index < -0.39 is 0 Å². The minimum Gasteiger partial charge on any atom is -0.366 e. The van der Waals surface area contributed by atoms with Gasteiger partial charge in [-0.1, -0.05) is 25.0 Å². The first-order valence-corrected chi connectivity index (χ1v) is 9.10. The van der Waals surface area contributed by atoms with E-state index in [-0.39, 0.29) is 5.91 Å². The maximum Gasteiger partial charge on any atom is 0.249 e. The Morgan fingerprint density at radius 3 is 2.92 bits per heavy atom. The third-order valence-electron chi connectivity index (χ3n) is 6.71. The number of aryl methyl sites for hydroxylation is 1. The lowest BCUT2D eigenvalue weighted by Gasteiger charge is -2.49. The third kappa shape index (κ3) is 2.22. The number of fused-ring (bicyclic) bond motifs is 5. The Hall–Kier alpha value is -2.01. The maximum absolute atomic E-state index is 11.8. The predicted molar refractivity (Wildman–Crippen MR) is 96.7 cm³/mol. The van der Waals surface area contributed by atoms with Gasteiger partial charge in [0, 0.05) is 5.56 Å². The molecule has 0 heterocycles. The summed E-state index contributed by atoms with van der Waals surface area (Å²) in [4.78, 5) is 11.8. The van der Waals surface area contributed by atoms with E-state index in [1.54, 1.807) is 0 Å². The molecular weight excluding hydrogens is 294 g/mol. The van der Waals surface area contributed by atoms with E-state index in [1.165, 1.54) is 36.8 Å². The Morgan fingerprint density at radius 1 is 1.33 bits per heavy atom. The van der Waals surface area contributed by atoms with E-state index in [2.05, 4.69) is 37.0 Å². The van der Waals surface area contributed by atoms with Crippen LogP contribution >= 0.6 is 0 Å². The van der Waals surface area contributed by atoms with Gasteiger partial charge in [0.05, 0.1) is 5.56 Å². The largest absolute Gasteiger partial charge is 0.366 e. The van der Waals surface area contributed by atoms with Crippen LogP contribution in [-0.2, 0) is 6.42 Å². The Morgan fingerprint density at radius 2 is 2.17 bits per heavy atom. The van der Waals surface area contributed by atoms with Crippen molar-refractivity contribution in [1.82, 2.24) is 0 Å². The smallest absolute Gasteiger partial charge is 0.249 e. The van der Waals surface area contributed by atoms with Crippen molar-refractivity contribution in [2.75, 3.05) is 0 Å². The number of allylic oxidation sites excluding steroid dienone is 2. The summed E-state index contributed by atoms with van der Waals surface area (Å²) >= 11 is 0. The van der Waals surface area contributed by atoms with Crippen molar-refractivity contribution < 1.29 is 4.79 Å². The van der Waals surface area contributed by atoms with Crippen molar-refractivity contribution in [3.63, 3.8) is 0 Å². The molecule has 0 aromatic heterocycles. The number of benzene rings is 1. The second kappa shape index (κ2) is 5.52. The number of rotatable bonds is 1. The molecule has 3 unspecified atom stereocenters. The molecule has 3 aliphatic rings. The molecular formula is C22H25NO. The number of primary amides is 1. The summed E-state index contributed by atoms with van der Waals surface area (Å²) in [5.74, 6) is 7.81. The molecule has 4 rings (SSSR count). The quantitative estimate of drug-likeness (QED) is 0.612. The second-order valence-corrected chi connectivity index (χ2v) is 7.93. The van der Waals surface area contributed by atoms with Crippen molar-refractivity contribution in [3.8, 4) is 11.8 Å². The molecule has 2 heteroatoms. The van der Waals surface area contributed by atoms with Crippen LogP contribution in [-0.4, -0.2) is 5.91 Å². The Bertz CT molecular complexity index is 794. The molecule has 1 fully saturated rings. The Kier molecular flexibility index (Phi) is 3.57. The molecule has 124 valence electrons. The molecule has 0 radical (unpaired) electrons. The standard InChI is InChI=1S/C22H25NO/c1-3-5-14-12-18-15(13-19(14)21(23)24)7-8-17-16(18)9-11-22(2)10-4-6-20(17)22/h4,10,12-13,16-17,20H,6-9,11H2,1-2H3,(H2,23,24)/t16?,17?,20?,22-/m0/s1. The van der Waals surface area contributed by atoms with Gasteiger partial charge in [-0.15, -0.1) is 5.92 Å². The lowest BCUT2D eigenvalue weighted by molar-refractivity contribution is 0.0826. The van der Waals surface area contributed by atoms with Crippen LogP contribution in [0.25, 0.3) is 0 Å². The van der Waals surface area contributed by atoms with Gasteiger partial charge in [-0.25, -0.2) is 0 Å². The SMILES string of the molecule is CC#Cc1cc2c(cc1C(N)=O)CCC1C2CC[C@]2(C)C=CCC12. The van der Waals surface area contributed by atoms with E-state index in [0.29, 0.717) is 16.9 Å². The van der Waals surface area contributed by atoms with Crippen LogP contribution in [0.15, 0.2) is 24.3 Å². The summed E-state index contributed by atoms with van der Waals surface area (Å²) in [6, 6.07) is 4.20. The van der Waals surface area contributed by atoms with Crippen molar-refractivity contribution in [2.45, 2.75) is 51.9 Å². The van der Waals surface area contributed by atoms with Gasteiger partial charge in [0.2, 0.25) is 5.91 Å². The van der Waals surface area contributed by atoms with Gasteiger partial charge in [-0.05, 0) is 85.5 Å². The van der Waals surface area contributed by atoms with Gasteiger partial charge in [-0.3, -0.25) is 4.79 Å². The topological polar surface area (TPSA) is 43.1 Å². The van der Waals surface area contributed by atoms with Crippen LogP contribution in [0.3, 0.4) is 0 Å². The van der Waals surface area contributed by atoms with Gasteiger partial charge in [0.25, 0.3) is 0 Å². The molecule has 0 aliphatic heterocycles. The lowest BCUT2D eigenvalue weighted by Crippen LogP contribution is -2.39. The molecule has 2 N–H and O–H groups in total. The average molecular weight is 319 g/mol. The minimum atomic E-state index is -0.367. The lowest BCUT2D eigenvalue weighted by atomic mass is 9.55. The molecule has 1 aromatic rings. The number of hydrogen-bond acceptors (Lipinski definition) is 1. The summed E-state index contributed by atoms with van der Waals surface area (Å²) in [6.07, 6.45) is 10.9. The number of nitrogens with two attached hydrogens (primary N) is 1. The molecule has 2 nitrogen and oxygen atoms in total. The molecule has 3 aliphatic carbocycles. The molecule has 1 aromatic carbocycles. The summed E-state index contributed by atoms with van der Waals surface area (Å²) in [5, 5.41) is 0. The molecule has 1 saturated carbocycles. The number of amides is 1. The zero-order valence-corrected chi connectivity index (χ0v) is 14.6. The molecule has 0 saturated heterocycles. The van der Waals surface area contributed by atoms with Gasteiger partial charge in [0.15, 0.2) is 0 Å². The highest BCUT2D eigenvalue weighted by molar-refractivity contribution is 5.96. The normalized spacial score (nSPS) is 33.0. The Balaban J connectivity index is 1.77. The number of carbonyl (C=O) groups excluding carboxylic acids is 1. The first-order valence-electron chi connectivity index (χ1n) is 9.10. The Labute approximate surface area is 144 Å². The van der Waals surface area contributed by atoms with Crippen molar-refractivity contribution in [1.29, 1.82) is 0 Å². The highest BCUT2D eigenvalue weighted by atomic mass is 16.1. The van der Waals surface area contributed by atoms with Crippen LogP contribution in [0, 0.1) is 29.1 Å². The highest BCUT2D eigenvalue weighted by Crippen LogP contribution is 2.58. The molecule has 1 amide bonds. The van der Waals surface area contributed by atoms with Gasteiger partial charge < -0.3 is 5.73 Å². The molecule has 24 heavy (non-hydrogen) atoms. The van der Waals surface area contributed by atoms with E-state index in [0.717, 1.165) is 23.8 Å². The predicted octanol–water partition coefficient (Wildman–Crippen LogP) is 4.18. The zero-order valence-electron chi connectivity index (χ0n) is 14.6. The summed E-state index contributed by atoms with van der Waals surface area (Å²) in [5.41, 5.74) is 10.1. The molecule has 0 spiro atoms. The monoisotopic (exact) mass is 319 g/mol. The number of carbonyl (C=O) groups is 1. The average Bonchev–Trinajstić information content (AvgIpc) is 2.96. The van der Waals surface area contributed by atoms with E-state index >= 15 is 0 Å². The van der Waals surface area contributed by atoms with Crippen LogP contribution in [0.4, 0.5) is 0 Å². The highest BCUT2D eigenvalue weighted by Gasteiger charge is 2.48. The van der Waals surface area contributed by atoms with Gasteiger partial charge in [0.1, 0.15) is 0 Å². The first-order chi connectivity index (χ1) is 11.5. The van der Waals surface area contributed by atoms with Crippen LogP contribution in [0.5, 0.6) is 0 Å². The minimum absolute atomic E-state index is 0.367. The maximum atomic E-state index is 11.8. The zero-order chi connectivity index (χ0) is 16.9. The van der Waals surface area contributed by atoms with E-state index in [4.69, 9.17) is 5.73 Å². The van der Waals surface area contributed by atoms with Crippen molar-refractivity contribution in [3.05, 3.63) is 46.5 Å². The van der Waals surface area contributed by atoms with Crippen LogP contribution in [0.2, 0.25) is 0 Å². The molecule has 0 bridgehead atoms. The number of hydrogen-bond donors (Lipinski definition) is 1. The second-order valence-electron chi connectivity index (χ2n) is 7.93.